The largest absolute Gasteiger partial charge is 0.481 e. The molecule has 1 aliphatic heterocycles. The van der Waals surface area contributed by atoms with Gasteiger partial charge in [-0.2, -0.15) is 13.2 Å². The molecule has 1 amide bonds. The second kappa shape index (κ2) is 5.49. The Kier molecular flexibility index (Phi) is 4.55. The molecule has 0 unspecified atom stereocenters. The first-order valence-corrected chi connectivity index (χ1v) is 6.22. The number of carboxylic acids is 1. The summed E-state index contributed by atoms with van der Waals surface area (Å²) in [5, 5.41) is 8.93. The van der Waals surface area contributed by atoms with Crippen LogP contribution in [0.25, 0.3) is 0 Å². The Bertz CT molecular complexity index is 389. The number of piperidine rings is 1. The van der Waals surface area contributed by atoms with E-state index < -0.39 is 35.8 Å². The number of alkyl halides is 3. The minimum absolute atomic E-state index is 0.112. The topological polar surface area (TPSA) is 66.8 Å². The highest BCUT2D eigenvalue weighted by Gasteiger charge is 2.54. The number of likely N-dealkylation sites (tertiary alicyclic amines) is 1. The monoisotopic (exact) mass is 297 g/mol. The van der Waals surface area contributed by atoms with E-state index in [1.54, 1.807) is 0 Å². The number of amides is 1. The van der Waals surface area contributed by atoms with Crippen LogP contribution in [-0.4, -0.2) is 46.4 Å². The summed E-state index contributed by atoms with van der Waals surface area (Å²) in [6, 6.07) is -2.34. The Morgan fingerprint density at radius 2 is 1.80 bits per heavy atom. The van der Waals surface area contributed by atoms with Gasteiger partial charge in [-0.05, 0) is 33.6 Å². The summed E-state index contributed by atoms with van der Waals surface area (Å²) in [4.78, 5) is 23.3. The quantitative estimate of drug-likeness (QED) is 0.808. The van der Waals surface area contributed by atoms with Gasteiger partial charge < -0.3 is 9.84 Å². The zero-order valence-electron chi connectivity index (χ0n) is 11.5. The summed E-state index contributed by atoms with van der Waals surface area (Å²) in [7, 11) is 0. The second-order valence-corrected chi connectivity index (χ2v) is 5.75. The maximum absolute atomic E-state index is 13.1. The average molecular weight is 297 g/mol. The molecule has 0 saturated carbocycles. The molecule has 0 aromatic carbocycles. The van der Waals surface area contributed by atoms with Gasteiger partial charge in [0.05, 0.1) is 5.92 Å². The lowest BCUT2D eigenvalue weighted by Crippen LogP contribution is -2.58. The number of hydrogen-bond acceptors (Lipinski definition) is 3. The number of ether oxygens (including phenoxy) is 1. The van der Waals surface area contributed by atoms with Crippen LogP contribution in [0.4, 0.5) is 18.0 Å². The molecule has 0 bridgehead atoms. The van der Waals surface area contributed by atoms with Crippen molar-refractivity contribution in [2.45, 2.75) is 51.4 Å². The molecule has 20 heavy (non-hydrogen) atoms. The van der Waals surface area contributed by atoms with Crippen LogP contribution in [0, 0.1) is 5.92 Å². The fourth-order valence-electron chi connectivity index (χ4n) is 2.18. The first-order valence-electron chi connectivity index (χ1n) is 6.22. The van der Waals surface area contributed by atoms with Crippen molar-refractivity contribution in [1.82, 2.24) is 4.90 Å². The van der Waals surface area contributed by atoms with Crippen molar-refractivity contribution in [3.05, 3.63) is 0 Å². The minimum Gasteiger partial charge on any atom is -0.481 e. The van der Waals surface area contributed by atoms with Crippen LogP contribution in [0.5, 0.6) is 0 Å². The molecule has 1 aliphatic rings. The van der Waals surface area contributed by atoms with Gasteiger partial charge in [0.15, 0.2) is 0 Å². The van der Waals surface area contributed by atoms with Crippen molar-refractivity contribution < 1.29 is 32.6 Å². The van der Waals surface area contributed by atoms with Gasteiger partial charge in [-0.15, -0.1) is 0 Å². The number of hydrogen-bond donors (Lipinski definition) is 1. The van der Waals surface area contributed by atoms with E-state index in [1.807, 2.05) is 0 Å². The van der Waals surface area contributed by atoms with Crippen molar-refractivity contribution >= 4 is 12.1 Å². The normalized spacial score (nSPS) is 24.4. The molecule has 0 radical (unpaired) electrons. The van der Waals surface area contributed by atoms with Gasteiger partial charge in [0.1, 0.15) is 11.6 Å². The van der Waals surface area contributed by atoms with Crippen molar-refractivity contribution in [2.24, 2.45) is 5.92 Å². The summed E-state index contributed by atoms with van der Waals surface area (Å²) >= 11 is 0. The van der Waals surface area contributed by atoms with Gasteiger partial charge in [-0.3, -0.25) is 9.69 Å². The number of aliphatic carboxylic acids is 1. The summed E-state index contributed by atoms with van der Waals surface area (Å²) in [6.07, 6.45) is -5.85. The summed E-state index contributed by atoms with van der Waals surface area (Å²) < 4.78 is 44.2. The van der Waals surface area contributed by atoms with Crippen molar-refractivity contribution in [2.75, 3.05) is 6.54 Å². The van der Waals surface area contributed by atoms with Gasteiger partial charge >= 0.3 is 18.2 Å². The SMILES string of the molecule is CC(C)(C)OC(=O)N1CCC[C@H](C(=O)O)[C@@H]1C(F)(F)F. The number of nitrogens with zero attached hydrogens (tertiary/aromatic N) is 1. The number of rotatable bonds is 1. The zero-order chi connectivity index (χ0) is 15.7. The van der Waals surface area contributed by atoms with E-state index in [2.05, 4.69) is 0 Å². The fraction of sp³-hybridized carbons (Fsp3) is 0.833. The predicted molar refractivity (Wildman–Crippen MR) is 63.1 cm³/mol. The average Bonchev–Trinajstić information content (AvgIpc) is 2.24. The predicted octanol–water partition coefficient (Wildman–Crippen LogP) is 2.65. The molecule has 0 aromatic rings. The molecule has 116 valence electrons. The molecule has 8 heteroatoms. The highest BCUT2D eigenvalue weighted by atomic mass is 19.4. The summed E-state index contributed by atoms with van der Waals surface area (Å²) in [5.74, 6) is -3.21. The molecule has 5 nitrogen and oxygen atoms in total. The number of carbonyl (C=O) groups is 2. The molecule has 0 aromatic heterocycles. The molecular weight excluding hydrogens is 279 g/mol. The van der Waals surface area contributed by atoms with Crippen LogP contribution in [-0.2, 0) is 9.53 Å². The van der Waals surface area contributed by atoms with Crippen molar-refractivity contribution in [1.29, 1.82) is 0 Å². The highest BCUT2D eigenvalue weighted by Crippen LogP contribution is 2.36. The third-order valence-electron chi connectivity index (χ3n) is 2.91. The Hall–Kier alpha value is -1.47. The van der Waals surface area contributed by atoms with E-state index in [4.69, 9.17) is 9.84 Å². The first kappa shape index (κ1) is 16.6. The van der Waals surface area contributed by atoms with Crippen LogP contribution in [0.3, 0.4) is 0 Å². The fourth-order valence-corrected chi connectivity index (χ4v) is 2.18. The summed E-state index contributed by atoms with van der Waals surface area (Å²) in [6.45, 7) is 4.44. The Balaban J connectivity index is 3.02. The van der Waals surface area contributed by atoms with Gasteiger partial charge in [-0.1, -0.05) is 0 Å². The van der Waals surface area contributed by atoms with E-state index in [-0.39, 0.29) is 19.4 Å². The summed E-state index contributed by atoms with van der Waals surface area (Å²) in [5.41, 5.74) is -0.941. The molecule has 1 saturated heterocycles. The zero-order valence-corrected chi connectivity index (χ0v) is 11.5. The second-order valence-electron chi connectivity index (χ2n) is 5.75. The lowest BCUT2D eigenvalue weighted by atomic mass is 9.89. The third-order valence-corrected chi connectivity index (χ3v) is 2.91. The molecule has 1 N–H and O–H groups in total. The molecule has 0 spiro atoms. The van der Waals surface area contributed by atoms with Crippen LogP contribution in [0.2, 0.25) is 0 Å². The molecule has 0 aliphatic carbocycles. The van der Waals surface area contributed by atoms with Crippen LogP contribution >= 0.6 is 0 Å². The van der Waals surface area contributed by atoms with Crippen molar-refractivity contribution in [3.8, 4) is 0 Å². The lowest BCUT2D eigenvalue weighted by molar-refractivity contribution is -0.207. The molecular formula is C12H18F3NO4. The highest BCUT2D eigenvalue weighted by molar-refractivity contribution is 5.74. The van der Waals surface area contributed by atoms with E-state index in [9.17, 15) is 22.8 Å². The lowest BCUT2D eigenvalue weighted by Gasteiger charge is -2.40. The smallest absolute Gasteiger partial charge is 0.410 e. The Morgan fingerprint density at radius 1 is 1.25 bits per heavy atom. The minimum atomic E-state index is -4.81. The molecule has 2 atom stereocenters. The number of halogens is 3. The standard InChI is InChI=1S/C12H18F3NO4/c1-11(2,3)20-10(19)16-6-4-5-7(9(17)18)8(16)12(13,14)15/h7-8H,4-6H2,1-3H3,(H,17,18)/t7-,8+/m0/s1. The van der Waals surface area contributed by atoms with Gasteiger partial charge in [0.25, 0.3) is 0 Å². The van der Waals surface area contributed by atoms with Crippen molar-refractivity contribution in [3.63, 3.8) is 0 Å². The number of carboxylic acid groups (broad SMARTS) is 1. The first-order chi connectivity index (χ1) is 8.93. The molecule has 1 heterocycles. The third kappa shape index (κ3) is 4.01. The van der Waals surface area contributed by atoms with E-state index in [0.717, 1.165) is 0 Å². The van der Waals surface area contributed by atoms with Crippen LogP contribution in [0.1, 0.15) is 33.6 Å². The molecule has 1 fully saturated rings. The number of carbonyl (C=O) groups excluding carboxylic acids is 1. The van der Waals surface area contributed by atoms with E-state index in [0.29, 0.717) is 4.90 Å². The maximum Gasteiger partial charge on any atom is 0.410 e. The van der Waals surface area contributed by atoms with Crippen LogP contribution < -0.4 is 0 Å². The van der Waals surface area contributed by atoms with Crippen LogP contribution in [0.15, 0.2) is 0 Å². The van der Waals surface area contributed by atoms with Gasteiger partial charge in [-0.25, -0.2) is 4.79 Å². The van der Waals surface area contributed by atoms with E-state index in [1.165, 1.54) is 20.8 Å². The Morgan fingerprint density at radius 3 is 2.20 bits per heavy atom. The van der Waals surface area contributed by atoms with Gasteiger partial charge in [0, 0.05) is 6.54 Å². The Labute approximate surface area is 114 Å². The van der Waals surface area contributed by atoms with Gasteiger partial charge in [0.2, 0.25) is 0 Å². The maximum atomic E-state index is 13.1. The molecule has 1 rings (SSSR count). The van der Waals surface area contributed by atoms with E-state index >= 15 is 0 Å².